The van der Waals surface area contributed by atoms with E-state index in [0.29, 0.717) is 12.8 Å². The van der Waals surface area contributed by atoms with Gasteiger partial charge >= 0.3 is 12.2 Å². The molecular weight excluding hydrogens is 508 g/mol. The van der Waals surface area contributed by atoms with Gasteiger partial charge in [0.25, 0.3) is 0 Å². The molecule has 0 aliphatic carbocycles. The van der Waals surface area contributed by atoms with E-state index in [0.717, 1.165) is 10.4 Å². The molecule has 0 spiro atoms. The van der Waals surface area contributed by atoms with Gasteiger partial charge in [-0.25, -0.2) is 14.6 Å². The van der Waals surface area contributed by atoms with Gasteiger partial charge in [-0.3, -0.25) is 9.59 Å². The van der Waals surface area contributed by atoms with Crippen molar-refractivity contribution >= 4 is 35.2 Å². The van der Waals surface area contributed by atoms with Crippen molar-refractivity contribution in [2.24, 2.45) is 11.8 Å². The van der Waals surface area contributed by atoms with E-state index in [1.165, 1.54) is 16.3 Å². The summed E-state index contributed by atoms with van der Waals surface area (Å²) < 4.78 is 10.6. The first kappa shape index (κ1) is 29.1. The number of benzene rings is 1. The minimum absolute atomic E-state index is 0.0657. The molecule has 2 aromatic rings. The summed E-state index contributed by atoms with van der Waals surface area (Å²) in [5.74, 6) is -0.822. The molecule has 10 nitrogen and oxygen atoms in total. The van der Waals surface area contributed by atoms with E-state index in [1.54, 1.807) is 0 Å². The number of ether oxygens (including phenoxy) is 2. The Morgan fingerprint density at radius 1 is 1.00 bits per heavy atom. The molecule has 2 heterocycles. The van der Waals surface area contributed by atoms with Gasteiger partial charge in [0.1, 0.15) is 12.6 Å². The van der Waals surface area contributed by atoms with Gasteiger partial charge in [-0.15, -0.1) is 11.3 Å². The summed E-state index contributed by atoms with van der Waals surface area (Å²) in [6, 6.07) is 11.1. The van der Waals surface area contributed by atoms with E-state index in [1.807, 2.05) is 75.5 Å². The summed E-state index contributed by atoms with van der Waals surface area (Å²) in [7, 11) is 0. The summed E-state index contributed by atoms with van der Waals surface area (Å²) in [6.07, 6.45) is -1.93. The molecule has 3 atom stereocenters. The van der Waals surface area contributed by atoms with Crippen LogP contribution in [-0.2, 0) is 32.2 Å². The number of nitrogens with zero attached hydrogens (tertiary/aromatic N) is 1. The number of Topliss-reactive ketones (excluding diaryl/α,β-unsaturated/α-hetero) is 1. The van der Waals surface area contributed by atoms with Gasteiger partial charge in [0, 0.05) is 4.88 Å². The van der Waals surface area contributed by atoms with Gasteiger partial charge in [0.2, 0.25) is 17.9 Å². The lowest BCUT2D eigenvalue weighted by molar-refractivity contribution is -0.134. The number of cyclic esters (lactones) is 1. The maximum Gasteiger partial charge on any atom is 0.426 e. The van der Waals surface area contributed by atoms with Crippen molar-refractivity contribution in [3.05, 3.63) is 58.3 Å². The SMILES string of the molecule is CC(C)C[C@H](NC(=O)OCc1ccccc1)C(=O)N[C@@H](CC(C)C)C(=O)C1NN(Cc2cccs2)C(=O)O1. The van der Waals surface area contributed by atoms with Crippen molar-refractivity contribution < 1.29 is 28.7 Å². The lowest BCUT2D eigenvalue weighted by atomic mass is 9.97. The zero-order valence-electron chi connectivity index (χ0n) is 22.1. The minimum atomic E-state index is -1.22. The van der Waals surface area contributed by atoms with Crippen molar-refractivity contribution in [3.63, 3.8) is 0 Å². The van der Waals surface area contributed by atoms with Crippen molar-refractivity contribution in [3.8, 4) is 0 Å². The number of hydrogen-bond donors (Lipinski definition) is 3. The third kappa shape index (κ3) is 8.84. The Hall–Kier alpha value is -3.44. The Morgan fingerprint density at radius 3 is 2.32 bits per heavy atom. The van der Waals surface area contributed by atoms with Crippen molar-refractivity contribution in [1.29, 1.82) is 0 Å². The maximum atomic E-state index is 13.3. The zero-order chi connectivity index (χ0) is 27.7. The summed E-state index contributed by atoms with van der Waals surface area (Å²) in [5, 5.41) is 8.55. The van der Waals surface area contributed by atoms with Crippen LogP contribution >= 0.6 is 11.3 Å². The fourth-order valence-corrected chi connectivity index (χ4v) is 4.65. The van der Waals surface area contributed by atoms with Gasteiger partial charge in [0.15, 0.2) is 0 Å². The molecule has 1 aliphatic heterocycles. The zero-order valence-corrected chi connectivity index (χ0v) is 23.0. The number of carbonyl (C=O) groups is 4. The van der Waals surface area contributed by atoms with Gasteiger partial charge in [-0.1, -0.05) is 64.1 Å². The molecule has 3 amide bonds. The topological polar surface area (TPSA) is 126 Å². The number of hydrogen-bond acceptors (Lipinski definition) is 8. The molecule has 0 radical (unpaired) electrons. The molecule has 0 saturated carbocycles. The number of rotatable bonds is 13. The van der Waals surface area contributed by atoms with Crippen LogP contribution in [0.1, 0.15) is 51.0 Å². The van der Waals surface area contributed by atoms with E-state index < -0.39 is 42.2 Å². The third-order valence-electron chi connectivity index (χ3n) is 5.76. The highest BCUT2D eigenvalue weighted by atomic mass is 32.1. The predicted octanol–water partition coefficient (Wildman–Crippen LogP) is 3.97. The van der Waals surface area contributed by atoms with Crippen LogP contribution in [0.2, 0.25) is 0 Å². The molecule has 0 bridgehead atoms. The fraction of sp³-hybridized carbons (Fsp3) is 0.481. The van der Waals surface area contributed by atoms with Crippen LogP contribution in [0.4, 0.5) is 9.59 Å². The molecule has 38 heavy (non-hydrogen) atoms. The highest BCUT2D eigenvalue weighted by molar-refractivity contribution is 7.09. The maximum absolute atomic E-state index is 13.3. The quantitative estimate of drug-likeness (QED) is 0.348. The number of alkyl carbamates (subject to hydrolysis) is 1. The number of hydrazine groups is 1. The molecule has 1 aromatic carbocycles. The number of nitrogens with one attached hydrogen (secondary N) is 3. The molecule has 3 N–H and O–H groups in total. The van der Waals surface area contributed by atoms with Crippen molar-refractivity contribution in [2.75, 3.05) is 0 Å². The molecule has 3 rings (SSSR count). The minimum Gasteiger partial charge on any atom is -0.445 e. The van der Waals surface area contributed by atoms with Crippen molar-refractivity contribution in [2.45, 2.75) is 72.0 Å². The van der Waals surface area contributed by atoms with Crippen LogP contribution in [0.15, 0.2) is 47.8 Å². The average molecular weight is 545 g/mol. The first-order valence-electron chi connectivity index (χ1n) is 12.7. The normalized spacial score (nSPS) is 16.7. The van der Waals surface area contributed by atoms with Gasteiger partial charge < -0.3 is 20.1 Å². The summed E-state index contributed by atoms with van der Waals surface area (Å²) >= 11 is 1.48. The van der Waals surface area contributed by atoms with Gasteiger partial charge in [-0.2, -0.15) is 5.43 Å². The molecule has 206 valence electrons. The monoisotopic (exact) mass is 544 g/mol. The van der Waals surface area contributed by atoms with Crippen LogP contribution in [-0.4, -0.2) is 47.2 Å². The fourth-order valence-electron chi connectivity index (χ4n) is 3.96. The smallest absolute Gasteiger partial charge is 0.426 e. The van der Waals surface area contributed by atoms with Crippen LogP contribution in [0.3, 0.4) is 0 Å². The molecular formula is C27H36N4O6S. The second kappa shape index (κ2) is 13.9. The van der Waals surface area contributed by atoms with Gasteiger partial charge in [-0.05, 0) is 41.7 Å². The average Bonchev–Trinajstić information content (AvgIpc) is 3.51. The van der Waals surface area contributed by atoms with E-state index in [-0.39, 0.29) is 25.0 Å². The molecule has 1 unspecified atom stereocenters. The van der Waals surface area contributed by atoms with E-state index >= 15 is 0 Å². The summed E-state index contributed by atoms with van der Waals surface area (Å²) in [6.45, 7) is 8.03. The first-order valence-corrected chi connectivity index (χ1v) is 13.6. The highest BCUT2D eigenvalue weighted by Crippen LogP contribution is 2.18. The highest BCUT2D eigenvalue weighted by Gasteiger charge is 2.40. The Balaban J connectivity index is 1.63. The van der Waals surface area contributed by atoms with E-state index in [9.17, 15) is 19.2 Å². The van der Waals surface area contributed by atoms with Crippen LogP contribution in [0.25, 0.3) is 0 Å². The largest absolute Gasteiger partial charge is 0.445 e. The number of thiophene rings is 1. The van der Waals surface area contributed by atoms with Crippen LogP contribution < -0.4 is 16.1 Å². The van der Waals surface area contributed by atoms with E-state index in [4.69, 9.17) is 9.47 Å². The molecule has 1 saturated heterocycles. The molecule has 1 aromatic heterocycles. The standard InChI is InChI=1S/C27H36N4O6S/c1-17(2)13-21(23(32)25-30-31(27(35)37-25)15-20-11-8-12-38-20)28-24(33)22(14-18(3)4)29-26(34)36-16-19-9-6-5-7-10-19/h5-12,17-18,21-22,25,30H,13-16H2,1-4H3,(H,28,33)(H,29,34)/t21-,22-,25?/m0/s1. The van der Waals surface area contributed by atoms with Crippen molar-refractivity contribution in [1.82, 2.24) is 21.1 Å². The van der Waals surface area contributed by atoms with Crippen LogP contribution in [0, 0.1) is 11.8 Å². The van der Waals surface area contributed by atoms with E-state index in [2.05, 4.69) is 16.1 Å². The first-order chi connectivity index (χ1) is 18.1. The second-order valence-electron chi connectivity index (χ2n) is 10.0. The van der Waals surface area contributed by atoms with Crippen LogP contribution in [0.5, 0.6) is 0 Å². The Kier molecular flexibility index (Phi) is 10.7. The molecule has 1 aliphatic rings. The summed E-state index contributed by atoms with van der Waals surface area (Å²) in [4.78, 5) is 52.4. The number of amides is 3. The predicted molar refractivity (Wildman–Crippen MR) is 143 cm³/mol. The Labute approximate surface area is 227 Å². The Bertz CT molecular complexity index is 1080. The van der Waals surface area contributed by atoms with Gasteiger partial charge in [0.05, 0.1) is 12.6 Å². The lowest BCUT2D eigenvalue weighted by Crippen LogP contribution is -2.55. The summed E-state index contributed by atoms with van der Waals surface area (Å²) in [5.41, 5.74) is 3.63. The lowest BCUT2D eigenvalue weighted by Gasteiger charge is -2.25. The number of ketones is 1. The molecule has 1 fully saturated rings. The third-order valence-corrected chi connectivity index (χ3v) is 6.62. The molecule has 11 heteroatoms. The number of carbonyl (C=O) groups excluding carboxylic acids is 4. The second-order valence-corrected chi connectivity index (χ2v) is 11.1. The Morgan fingerprint density at radius 2 is 1.68 bits per heavy atom.